The first-order valence-corrected chi connectivity index (χ1v) is 11.2. The predicted molar refractivity (Wildman–Crippen MR) is 121 cm³/mol. The molecule has 10 heteroatoms. The van der Waals surface area contributed by atoms with Gasteiger partial charge in [-0.1, -0.05) is 13.8 Å². The summed E-state index contributed by atoms with van der Waals surface area (Å²) >= 11 is 0. The average molecular weight is 476 g/mol. The molecule has 2 fully saturated rings. The van der Waals surface area contributed by atoms with Gasteiger partial charge in [0.05, 0.1) is 11.6 Å². The number of amides is 2. The number of cyclic esters (lactones) is 1. The summed E-state index contributed by atoms with van der Waals surface area (Å²) in [5.74, 6) is 0.598. The number of hydrogen-bond acceptors (Lipinski definition) is 5. The van der Waals surface area contributed by atoms with E-state index in [0.29, 0.717) is 55.4 Å². The zero-order valence-electron chi connectivity index (χ0n) is 19.3. The van der Waals surface area contributed by atoms with Crippen molar-refractivity contribution < 1.29 is 27.5 Å². The molecule has 7 nitrogen and oxygen atoms in total. The third-order valence-electron chi connectivity index (χ3n) is 6.31. The van der Waals surface area contributed by atoms with Crippen LogP contribution in [0.4, 0.5) is 29.5 Å². The Morgan fingerprint density at radius 3 is 2.32 bits per heavy atom. The van der Waals surface area contributed by atoms with Crippen LogP contribution in [0.1, 0.15) is 35.3 Å². The number of aryl methyl sites for hydroxylation is 1. The highest BCUT2D eigenvalue weighted by Crippen LogP contribution is 2.32. The van der Waals surface area contributed by atoms with Crippen LogP contribution in [-0.2, 0) is 10.9 Å². The number of rotatable bonds is 4. The lowest BCUT2D eigenvalue weighted by atomic mass is 10.0. The lowest BCUT2D eigenvalue weighted by molar-refractivity contribution is -0.137. The molecular formula is C24H27F3N4O3. The van der Waals surface area contributed by atoms with E-state index in [4.69, 9.17) is 4.74 Å². The summed E-state index contributed by atoms with van der Waals surface area (Å²) in [5.41, 5.74) is 0.874. The highest BCUT2D eigenvalue weighted by Gasteiger charge is 2.36. The van der Waals surface area contributed by atoms with Crippen molar-refractivity contribution in [1.29, 1.82) is 0 Å². The molecule has 1 aromatic carbocycles. The highest BCUT2D eigenvalue weighted by molar-refractivity contribution is 5.96. The van der Waals surface area contributed by atoms with Gasteiger partial charge in [0.1, 0.15) is 12.4 Å². The Morgan fingerprint density at radius 2 is 1.76 bits per heavy atom. The zero-order chi connectivity index (χ0) is 24.6. The van der Waals surface area contributed by atoms with Gasteiger partial charge in [0.2, 0.25) is 0 Å². The Kier molecular flexibility index (Phi) is 6.42. The molecule has 0 bridgehead atoms. The van der Waals surface area contributed by atoms with Crippen molar-refractivity contribution >= 4 is 23.5 Å². The molecule has 4 rings (SSSR count). The van der Waals surface area contributed by atoms with Gasteiger partial charge in [-0.15, -0.1) is 0 Å². The van der Waals surface area contributed by atoms with E-state index in [1.54, 1.807) is 41.0 Å². The number of benzene rings is 1. The largest absolute Gasteiger partial charge is 0.447 e. The van der Waals surface area contributed by atoms with Crippen LogP contribution in [-0.4, -0.2) is 60.7 Å². The Morgan fingerprint density at radius 1 is 1.12 bits per heavy atom. The van der Waals surface area contributed by atoms with Gasteiger partial charge in [-0.05, 0) is 48.7 Å². The number of ether oxygens (including phenoxy) is 1. The molecule has 34 heavy (non-hydrogen) atoms. The molecule has 182 valence electrons. The Bertz CT molecular complexity index is 1060. The fourth-order valence-electron chi connectivity index (χ4n) is 4.35. The van der Waals surface area contributed by atoms with Crippen LogP contribution in [0, 0.1) is 12.8 Å². The van der Waals surface area contributed by atoms with Gasteiger partial charge in [0.15, 0.2) is 0 Å². The number of aromatic nitrogens is 1. The summed E-state index contributed by atoms with van der Waals surface area (Å²) in [6.45, 7) is 7.80. The van der Waals surface area contributed by atoms with Crippen molar-refractivity contribution in [2.45, 2.75) is 33.0 Å². The molecule has 2 aromatic rings. The van der Waals surface area contributed by atoms with Gasteiger partial charge in [-0.25, -0.2) is 9.78 Å². The number of anilines is 2. The first kappa shape index (κ1) is 23.8. The normalized spacial score (nSPS) is 19.1. The summed E-state index contributed by atoms with van der Waals surface area (Å²) in [6.07, 6.45) is -3.97. The van der Waals surface area contributed by atoms with E-state index >= 15 is 0 Å². The van der Waals surface area contributed by atoms with Gasteiger partial charge >= 0.3 is 12.3 Å². The molecule has 2 saturated heterocycles. The van der Waals surface area contributed by atoms with E-state index in [-0.39, 0.29) is 24.0 Å². The number of carbonyl (C=O) groups excluding carboxylic acids is 2. The number of alkyl halides is 3. The molecule has 2 aliphatic heterocycles. The van der Waals surface area contributed by atoms with Crippen LogP contribution >= 0.6 is 0 Å². The molecule has 2 aliphatic rings. The fourth-order valence-corrected chi connectivity index (χ4v) is 4.35. The van der Waals surface area contributed by atoms with Crippen molar-refractivity contribution in [1.82, 2.24) is 9.88 Å². The van der Waals surface area contributed by atoms with Crippen LogP contribution in [0.15, 0.2) is 36.5 Å². The summed E-state index contributed by atoms with van der Waals surface area (Å²) in [5, 5.41) is 0. The predicted octanol–water partition coefficient (Wildman–Crippen LogP) is 4.35. The smallest absolute Gasteiger partial charge is 0.417 e. The Labute approximate surface area is 196 Å². The second-order valence-electron chi connectivity index (χ2n) is 8.95. The lowest BCUT2D eigenvalue weighted by Gasteiger charge is -2.36. The van der Waals surface area contributed by atoms with Crippen molar-refractivity contribution in [3.8, 4) is 0 Å². The minimum absolute atomic E-state index is 0.0515. The molecule has 2 amide bonds. The molecule has 0 saturated carbocycles. The number of nitrogens with zero attached hydrogens (tertiary/aromatic N) is 4. The lowest BCUT2D eigenvalue weighted by Crippen LogP contribution is -2.49. The number of pyridine rings is 1. The van der Waals surface area contributed by atoms with E-state index in [2.05, 4.69) is 4.98 Å². The minimum Gasteiger partial charge on any atom is -0.447 e. The number of halogens is 3. The molecular weight excluding hydrogens is 449 g/mol. The summed E-state index contributed by atoms with van der Waals surface area (Å²) < 4.78 is 43.9. The summed E-state index contributed by atoms with van der Waals surface area (Å²) in [4.78, 5) is 34.4. The van der Waals surface area contributed by atoms with Crippen LogP contribution in [0.2, 0.25) is 0 Å². The van der Waals surface area contributed by atoms with Crippen LogP contribution in [0.5, 0.6) is 0 Å². The number of hydrogen-bond donors (Lipinski definition) is 0. The van der Waals surface area contributed by atoms with Crippen LogP contribution in [0.25, 0.3) is 0 Å². The maximum absolute atomic E-state index is 13.0. The van der Waals surface area contributed by atoms with E-state index in [9.17, 15) is 22.8 Å². The quantitative estimate of drug-likeness (QED) is 0.657. The van der Waals surface area contributed by atoms with Crippen molar-refractivity contribution in [2.75, 3.05) is 42.6 Å². The Hall–Kier alpha value is -3.30. The fraction of sp³-hybridized carbons (Fsp3) is 0.458. The van der Waals surface area contributed by atoms with Crippen LogP contribution in [0.3, 0.4) is 0 Å². The number of piperazine rings is 1. The van der Waals surface area contributed by atoms with Gasteiger partial charge in [0, 0.05) is 43.6 Å². The molecule has 1 atom stereocenters. The van der Waals surface area contributed by atoms with Crippen molar-refractivity contribution in [3.05, 3.63) is 53.2 Å². The van der Waals surface area contributed by atoms with E-state index in [1.807, 2.05) is 18.7 Å². The second kappa shape index (κ2) is 9.15. The molecule has 0 spiro atoms. The summed E-state index contributed by atoms with van der Waals surface area (Å²) in [6, 6.07) is 7.95. The van der Waals surface area contributed by atoms with E-state index in [1.165, 1.54) is 0 Å². The third kappa shape index (κ3) is 4.67. The van der Waals surface area contributed by atoms with Crippen LogP contribution < -0.4 is 9.80 Å². The Balaban J connectivity index is 1.40. The molecule has 0 radical (unpaired) electrons. The standard InChI is InChI=1S/C24H27F3N4O3/c1-15(2)20-14-34-23(33)31(20)19-6-4-17(5-7-19)22(32)30-10-8-29(9-11-30)21-16(3)12-18(13-28-21)24(25,26)27/h4-7,12-13,15,20H,8-11,14H2,1-3H3/t20-/m0/s1. The monoisotopic (exact) mass is 476 g/mol. The highest BCUT2D eigenvalue weighted by atomic mass is 19.4. The average Bonchev–Trinajstić information content (AvgIpc) is 3.20. The van der Waals surface area contributed by atoms with Crippen molar-refractivity contribution in [2.24, 2.45) is 5.92 Å². The molecule has 0 aliphatic carbocycles. The topological polar surface area (TPSA) is 66.0 Å². The van der Waals surface area contributed by atoms with Gasteiger partial charge in [-0.2, -0.15) is 13.2 Å². The molecule has 1 aromatic heterocycles. The minimum atomic E-state index is -4.43. The van der Waals surface area contributed by atoms with Crippen molar-refractivity contribution in [3.63, 3.8) is 0 Å². The number of carbonyl (C=O) groups is 2. The van der Waals surface area contributed by atoms with E-state index in [0.717, 1.165) is 12.3 Å². The molecule has 3 heterocycles. The SMILES string of the molecule is Cc1cc(C(F)(F)F)cnc1N1CCN(C(=O)c2ccc(N3C(=O)OC[C@H]3C(C)C)cc2)CC1. The maximum atomic E-state index is 13.0. The third-order valence-corrected chi connectivity index (χ3v) is 6.31. The van der Waals surface area contributed by atoms with E-state index < -0.39 is 11.7 Å². The van der Waals surface area contributed by atoms with Gasteiger partial charge < -0.3 is 14.5 Å². The second-order valence-corrected chi connectivity index (χ2v) is 8.95. The van der Waals surface area contributed by atoms with Gasteiger partial charge in [0.25, 0.3) is 5.91 Å². The summed E-state index contributed by atoms with van der Waals surface area (Å²) in [7, 11) is 0. The first-order chi connectivity index (χ1) is 16.1. The molecule has 0 N–H and O–H groups in total. The van der Waals surface area contributed by atoms with Gasteiger partial charge in [-0.3, -0.25) is 9.69 Å². The maximum Gasteiger partial charge on any atom is 0.417 e. The first-order valence-electron chi connectivity index (χ1n) is 11.2. The molecule has 0 unspecified atom stereocenters. The zero-order valence-corrected chi connectivity index (χ0v) is 19.3.